The fraction of sp³-hybridized carbons (Fsp3) is 0.0952. The molecule has 0 unspecified atom stereocenters. The molecule has 0 aliphatic carbocycles. The Balaban J connectivity index is 2.20. The van der Waals surface area contributed by atoms with Gasteiger partial charge in [0.1, 0.15) is 5.75 Å². The predicted molar refractivity (Wildman–Crippen MR) is 109 cm³/mol. The van der Waals surface area contributed by atoms with Crippen LogP contribution in [0.4, 0.5) is 5.69 Å². The molecule has 28 heavy (non-hydrogen) atoms. The summed E-state index contributed by atoms with van der Waals surface area (Å²) in [6.07, 6.45) is 0. The second-order valence-corrected chi connectivity index (χ2v) is 8.59. The smallest absolute Gasteiger partial charge is 0.272 e. The molecule has 0 heterocycles. The number of halogens is 1. The quantitative estimate of drug-likeness (QED) is 0.670. The van der Waals surface area contributed by atoms with Crippen molar-refractivity contribution in [2.75, 3.05) is 4.31 Å². The number of rotatable bonds is 4. The van der Waals surface area contributed by atoms with Crippen LogP contribution in [0.2, 0.25) is 5.02 Å². The van der Waals surface area contributed by atoms with Crippen molar-refractivity contribution in [3.8, 4) is 5.75 Å². The lowest BCUT2D eigenvalue weighted by molar-refractivity contribution is 0.100. The molecule has 0 aromatic heterocycles. The van der Waals surface area contributed by atoms with Crippen LogP contribution in [-0.4, -0.2) is 19.4 Å². The van der Waals surface area contributed by atoms with Gasteiger partial charge < -0.3 is 5.11 Å². The van der Waals surface area contributed by atoms with Gasteiger partial charge in [-0.1, -0.05) is 29.3 Å². The van der Waals surface area contributed by atoms with E-state index >= 15 is 0 Å². The Labute approximate surface area is 168 Å². The molecule has 1 N–H and O–H groups in total. The third kappa shape index (κ3) is 3.88. The topological polar surface area (TPSA) is 74.7 Å². The van der Waals surface area contributed by atoms with Gasteiger partial charge >= 0.3 is 0 Å². The van der Waals surface area contributed by atoms with E-state index in [1.54, 1.807) is 19.1 Å². The third-order valence-electron chi connectivity index (χ3n) is 4.23. The lowest BCUT2D eigenvalue weighted by Crippen LogP contribution is -2.37. The maximum absolute atomic E-state index is 13.4. The SMILES string of the molecule is Cc1ccc(S(=O)(=O)N(C(=O)c2ccc(Cl)cc2)c2ccc(O)cc2C)cc1. The zero-order chi connectivity index (χ0) is 20.5. The first-order chi connectivity index (χ1) is 13.2. The normalized spacial score (nSPS) is 11.2. The zero-order valence-electron chi connectivity index (χ0n) is 15.3. The zero-order valence-corrected chi connectivity index (χ0v) is 16.8. The molecule has 0 fully saturated rings. The van der Waals surface area contributed by atoms with Crippen LogP contribution in [0, 0.1) is 13.8 Å². The number of amides is 1. The number of nitrogens with zero attached hydrogens (tertiary/aromatic N) is 1. The summed E-state index contributed by atoms with van der Waals surface area (Å²) in [5.41, 5.74) is 1.68. The molecule has 0 atom stereocenters. The number of phenolic OH excluding ortho intramolecular Hbond substituents is 1. The third-order valence-corrected chi connectivity index (χ3v) is 6.20. The summed E-state index contributed by atoms with van der Waals surface area (Å²) in [4.78, 5) is 13.2. The number of aryl methyl sites for hydroxylation is 2. The van der Waals surface area contributed by atoms with Crippen molar-refractivity contribution in [3.63, 3.8) is 0 Å². The first-order valence-electron chi connectivity index (χ1n) is 8.41. The van der Waals surface area contributed by atoms with Crippen molar-refractivity contribution in [1.82, 2.24) is 0 Å². The number of sulfonamides is 1. The molecule has 0 aliphatic rings. The van der Waals surface area contributed by atoms with Gasteiger partial charge in [-0.25, -0.2) is 8.42 Å². The Morgan fingerprint density at radius 3 is 2.11 bits per heavy atom. The highest BCUT2D eigenvalue weighted by Crippen LogP contribution is 2.31. The van der Waals surface area contributed by atoms with Gasteiger partial charge in [0.25, 0.3) is 15.9 Å². The number of phenols is 1. The maximum atomic E-state index is 13.4. The van der Waals surface area contributed by atoms with Crippen molar-refractivity contribution >= 4 is 33.2 Å². The maximum Gasteiger partial charge on any atom is 0.272 e. The number of benzene rings is 3. The Bertz CT molecular complexity index is 1120. The monoisotopic (exact) mass is 415 g/mol. The van der Waals surface area contributed by atoms with Crippen molar-refractivity contribution in [1.29, 1.82) is 0 Å². The van der Waals surface area contributed by atoms with Gasteiger partial charge in [-0.15, -0.1) is 0 Å². The average molecular weight is 416 g/mol. The second-order valence-electron chi connectivity index (χ2n) is 6.37. The summed E-state index contributed by atoms with van der Waals surface area (Å²) in [7, 11) is -4.19. The molecule has 1 amide bonds. The van der Waals surface area contributed by atoms with Gasteiger partial charge in [0, 0.05) is 10.6 Å². The van der Waals surface area contributed by atoms with Crippen LogP contribution in [-0.2, 0) is 10.0 Å². The van der Waals surface area contributed by atoms with E-state index in [9.17, 15) is 18.3 Å². The molecule has 0 saturated carbocycles. The van der Waals surface area contributed by atoms with Gasteiger partial charge in [-0.3, -0.25) is 4.79 Å². The van der Waals surface area contributed by atoms with E-state index in [1.807, 2.05) is 6.92 Å². The van der Waals surface area contributed by atoms with Gasteiger partial charge in [0.15, 0.2) is 0 Å². The summed E-state index contributed by atoms with van der Waals surface area (Å²) >= 11 is 5.89. The van der Waals surface area contributed by atoms with E-state index in [1.165, 1.54) is 54.6 Å². The van der Waals surface area contributed by atoms with Crippen LogP contribution in [0.5, 0.6) is 5.75 Å². The molecule has 3 rings (SSSR count). The standard InChI is InChI=1S/C21H18ClNO4S/c1-14-3-10-19(11-4-14)28(26,27)23(20-12-9-18(24)13-15(20)2)21(25)16-5-7-17(22)8-6-16/h3-13,24H,1-2H3. The molecule has 0 bridgehead atoms. The lowest BCUT2D eigenvalue weighted by Gasteiger charge is -2.24. The molecular formula is C21H18ClNO4S. The lowest BCUT2D eigenvalue weighted by atomic mass is 10.1. The van der Waals surface area contributed by atoms with E-state index in [2.05, 4.69) is 0 Å². The fourth-order valence-electron chi connectivity index (χ4n) is 2.74. The van der Waals surface area contributed by atoms with Crippen molar-refractivity contribution in [2.24, 2.45) is 0 Å². The Kier molecular flexibility index (Phi) is 5.45. The summed E-state index contributed by atoms with van der Waals surface area (Å²) < 4.78 is 27.5. The van der Waals surface area contributed by atoms with E-state index in [0.717, 1.165) is 9.87 Å². The van der Waals surface area contributed by atoms with E-state index < -0.39 is 15.9 Å². The molecule has 0 saturated heterocycles. The molecule has 7 heteroatoms. The van der Waals surface area contributed by atoms with Crippen LogP contribution in [0.3, 0.4) is 0 Å². The van der Waals surface area contributed by atoms with Crippen LogP contribution in [0.15, 0.2) is 71.6 Å². The number of aromatic hydroxyl groups is 1. The Morgan fingerprint density at radius 2 is 1.54 bits per heavy atom. The second kappa shape index (κ2) is 7.66. The first-order valence-corrected chi connectivity index (χ1v) is 10.2. The minimum Gasteiger partial charge on any atom is -0.508 e. The van der Waals surface area contributed by atoms with E-state index in [0.29, 0.717) is 10.6 Å². The molecule has 3 aromatic carbocycles. The van der Waals surface area contributed by atoms with Crippen LogP contribution in [0.1, 0.15) is 21.5 Å². The molecule has 144 valence electrons. The minimum absolute atomic E-state index is 0.00658. The average Bonchev–Trinajstić information content (AvgIpc) is 2.64. The van der Waals surface area contributed by atoms with Gasteiger partial charge in [-0.05, 0) is 74.0 Å². The summed E-state index contributed by atoms with van der Waals surface area (Å²) in [5.74, 6) is -0.737. The summed E-state index contributed by atoms with van der Waals surface area (Å²) in [5, 5.41) is 10.1. The van der Waals surface area contributed by atoms with Crippen molar-refractivity contribution in [3.05, 3.63) is 88.4 Å². The molecule has 0 aliphatic heterocycles. The Hall–Kier alpha value is -2.83. The largest absolute Gasteiger partial charge is 0.508 e. The van der Waals surface area contributed by atoms with Gasteiger partial charge in [-0.2, -0.15) is 4.31 Å². The van der Waals surface area contributed by atoms with Crippen molar-refractivity contribution in [2.45, 2.75) is 18.7 Å². The van der Waals surface area contributed by atoms with Gasteiger partial charge in [0.05, 0.1) is 10.6 Å². The molecule has 5 nitrogen and oxygen atoms in total. The van der Waals surface area contributed by atoms with Gasteiger partial charge in [0.2, 0.25) is 0 Å². The number of carbonyl (C=O) groups is 1. The van der Waals surface area contributed by atoms with Crippen LogP contribution >= 0.6 is 11.6 Å². The molecular weight excluding hydrogens is 398 g/mol. The summed E-state index contributed by atoms with van der Waals surface area (Å²) in [6.45, 7) is 3.47. The number of anilines is 1. The minimum atomic E-state index is -4.19. The van der Waals surface area contributed by atoms with E-state index in [-0.39, 0.29) is 21.9 Å². The highest BCUT2D eigenvalue weighted by molar-refractivity contribution is 7.93. The highest BCUT2D eigenvalue weighted by atomic mass is 35.5. The number of carbonyl (C=O) groups excluding carboxylic acids is 1. The summed E-state index contributed by atoms with van der Waals surface area (Å²) in [6, 6.07) is 16.4. The van der Waals surface area contributed by atoms with E-state index in [4.69, 9.17) is 11.6 Å². The van der Waals surface area contributed by atoms with Crippen LogP contribution < -0.4 is 4.31 Å². The molecule has 0 spiro atoms. The number of hydrogen-bond donors (Lipinski definition) is 1. The molecule has 3 aromatic rings. The predicted octanol–water partition coefficient (Wildman–Crippen LogP) is 4.70. The molecule has 0 radical (unpaired) electrons. The highest BCUT2D eigenvalue weighted by Gasteiger charge is 2.32. The Morgan fingerprint density at radius 1 is 0.929 bits per heavy atom. The van der Waals surface area contributed by atoms with Crippen molar-refractivity contribution < 1.29 is 18.3 Å². The first kappa shape index (κ1) is 19.9. The number of hydrogen-bond acceptors (Lipinski definition) is 4. The fourth-order valence-corrected chi connectivity index (χ4v) is 4.35. The van der Waals surface area contributed by atoms with Crippen LogP contribution in [0.25, 0.3) is 0 Å².